The summed E-state index contributed by atoms with van der Waals surface area (Å²) in [5, 5.41) is 3.76. The lowest BCUT2D eigenvalue weighted by atomic mass is 9.86. The molecule has 0 spiro atoms. The van der Waals surface area contributed by atoms with Gasteiger partial charge in [-0.25, -0.2) is 9.59 Å². The number of carbonyl (C=O) groups is 2. The van der Waals surface area contributed by atoms with Gasteiger partial charge in [-0.2, -0.15) is 0 Å². The summed E-state index contributed by atoms with van der Waals surface area (Å²) in [7, 11) is 1.60. The highest BCUT2D eigenvalue weighted by Gasteiger charge is 2.25. The van der Waals surface area contributed by atoms with Gasteiger partial charge in [0, 0.05) is 17.6 Å². The predicted octanol–water partition coefficient (Wildman–Crippen LogP) is 4.48. The van der Waals surface area contributed by atoms with Crippen molar-refractivity contribution in [3.8, 4) is 5.75 Å². The Bertz CT molecular complexity index is 898. The molecule has 30 heavy (non-hydrogen) atoms. The molecule has 0 bridgehead atoms. The molecule has 3 rings (SSSR count). The highest BCUT2D eigenvalue weighted by Crippen LogP contribution is 2.26. The van der Waals surface area contributed by atoms with Gasteiger partial charge in [0.25, 0.3) is 0 Å². The standard InChI is InChI=1S/C23H30N2O5/c1-23(2,3)30-22(27)25-18-7-5-15(6-8-18)14-29-21(26)17-11-16-12-19(28-4)9-10-20(16)24-13-17/h9-13,15,18H,5-8,14H2,1-4H3,(H,25,27)/t15-,18-. The zero-order valence-electron chi connectivity index (χ0n) is 18.1. The number of hydrogen-bond donors (Lipinski definition) is 1. The Balaban J connectivity index is 1.47. The molecule has 1 aliphatic rings. The van der Waals surface area contributed by atoms with E-state index in [4.69, 9.17) is 14.2 Å². The predicted molar refractivity (Wildman–Crippen MR) is 114 cm³/mol. The summed E-state index contributed by atoms with van der Waals surface area (Å²) in [6.07, 6.45) is 4.64. The number of amides is 1. The fraction of sp³-hybridized carbons (Fsp3) is 0.522. The van der Waals surface area contributed by atoms with Crippen LogP contribution in [0.25, 0.3) is 10.9 Å². The van der Waals surface area contributed by atoms with Crippen molar-refractivity contribution in [1.29, 1.82) is 0 Å². The minimum absolute atomic E-state index is 0.103. The van der Waals surface area contributed by atoms with E-state index in [9.17, 15) is 9.59 Å². The smallest absolute Gasteiger partial charge is 0.407 e. The molecule has 1 aromatic carbocycles. The Kier molecular flexibility index (Phi) is 6.80. The van der Waals surface area contributed by atoms with E-state index in [1.165, 1.54) is 0 Å². The molecule has 0 atom stereocenters. The van der Waals surface area contributed by atoms with Crippen molar-refractivity contribution >= 4 is 23.0 Å². The molecule has 0 radical (unpaired) electrons. The van der Waals surface area contributed by atoms with Crippen LogP contribution in [-0.2, 0) is 9.47 Å². The van der Waals surface area contributed by atoms with Crippen LogP contribution in [0, 0.1) is 5.92 Å². The van der Waals surface area contributed by atoms with Crippen molar-refractivity contribution in [2.24, 2.45) is 5.92 Å². The Hall–Kier alpha value is -2.83. The maximum atomic E-state index is 12.5. The lowest BCUT2D eigenvalue weighted by Crippen LogP contribution is -2.41. The average Bonchev–Trinajstić information content (AvgIpc) is 2.70. The van der Waals surface area contributed by atoms with Crippen LogP contribution in [0.15, 0.2) is 30.5 Å². The van der Waals surface area contributed by atoms with Gasteiger partial charge in [-0.15, -0.1) is 0 Å². The molecule has 2 aromatic rings. The number of ether oxygens (including phenoxy) is 3. The van der Waals surface area contributed by atoms with Gasteiger partial charge in [-0.05, 0) is 76.6 Å². The molecule has 7 nitrogen and oxygen atoms in total. The van der Waals surface area contributed by atoms with Crippen molar-refractivity contribution in [1.82, 2.24) is 10.3 Å². The first-order chi connectivity index (χ1) is 14.2. The van der Waals surface area contributed by atoms with Crippen LogP contribution in [0.5, 0.6) is 5.75 Å². The van der Waals surface area contributed by atoms with Crippen LogP contribution in [0.3, 0.4) is 0 Å². The molecule has 0 saturated heterocycles. The van der Waals surface area contributed by atoms with Gasteiger partial charge in [0.2, 0.25) is 0 Å². The maximum Gasteiger partial charge on any atom is 0.407 e. The minimum Gasteiger partial charge on any atom is -0.497 e. The molecule has 0 aliphatic heterocycles. The SMILES string of the molecule is COc1ccc2ncc(C(=O)OC[C@H]3CC[C@H](NC(=O)OC(C)(C)C)CC3)cc2c1. The quantitative estimate of drug-likeness (QED) is 0.726. The number of aromatic nitrogens is 1. The maximum absolute atomic E-state index is 12.5. The van der Waals surface area contributed by atoms with Gasteiger partial charge in [-0.1, -0.05) is 0 Å². The number of pyridine rings is 1. The lowest BCUT2D eigenvalue weighted by Gasteiger charge is -2.29. The molecular formula is C23H30N2O5. The Morgan fingerprint density at radius 2 is 1.87 bits per heavy atom. The summed E-state index contributed by atoms with van der Waals surface area (Å²) in [6, 6.07) is 7.41. The lowest BCUT2D eigenvalue weighted by molar-refractivity contribution is 0.0386. The first-order valence-electron chi connectivity index (χ1n) is 10.3. The highest BCUT2D eigenvalue weighted by atomic mass is 16.6. The number of nitrogens with zero attached hydrogens (tertiary/aromatic N) is 1. The van der Waals surface area contributed by atoms with E-state index < -0.39 is 5.60 Å². The molecular weight excluding hydrogens is 384 g/mol. The fourth-order valence-electron chi connectivity index (χ4n) is 3.57. The number of hydrogen-bond acceptors (Lipinski definition) is 6. The van der Waals surface area contributed by atoms with Gasteiger partial charge < -0.3 is 19.5 Å². The summed E-state index contributed by atoms with van der Waals surface area (Å²) in [5.41, 5.74) is 0.720. The summed E-state index contributed by atoms with van der Waals surface area (Å²) in [6.45, 7) is 5.91. The van der Waals surface area contributed by atoms with Gasteiger partial charge in [0.15, 0.2) is 0 Å². The Morgan fingerprint density at radius 3 is 2.53 bits per heavy atom. The molecule has 1 amide bonds. The zero-order chi connectivity index (χ0) is 21.7. The normalized spacial score (nSPS) is 19.2. The third-order valence-electron chi connectivity index (χ3n) is 5.14. The van der Waals surface area contributed by atoms with Crippen LogP contribution in [-0.4, -0.2) is 42.4 Å². The largest absolute Gasteiger partial charge is 0.497 e. The van der Waals surface area contributed by atoms with E-state index in [2.05, 4.69) is 10.3 Å². The van der Waals surface area contributed by atoms with Gasteiger partial charge in [0.05, 0.1) is 24.8 Å². The number of fused-ring (bicyclic) bond motifs is 1. The topological polar surface area (TPSA) is 86.8 Å². The molecule has 1 aliphatic carbocycles. The monoisotopic (exact) mass is 414 g/mol. The van der Waals surface area contributed by atoms with Gasteiger partial charge >= 0.3 is 12.1 Å². The molecule has 162 valence electrons. The third-order valence-corrected chi connectivity index (χ3v) is 5.14. The van der Waals surface area contributed by atoms with Crippen LogP contribution in [0.1, 0.15) is 56.8 Å². The van der Waals surface area contributed by atoms with Crippen molar-refractivity contribution in [3.05, 3.63) is 36.0 Å². The number of benzene rings is 1. The van der Waals surface area contributed by atoms with Crippen LogP contribution < -0.4 is 10.1 Å². The molecule has 1 saturated carbocycles. The van der Waals surface area contributed by atoms with Crippen LogP contribution >= 0.6 is 0 Å². The second kappa shape index (κ2) is 9.32. The molecule has 1 aromatic heterocycles. The summed E-state index contributed by atoms with van der Waals surface area (Å²) in [4.78, 5) is 28.7. The third kappa shape index (κ3) is 6.08. The molecule has 1 N–H and O–H groups in total. The number of methoxy groups -OCH3 is 1. The van der Waals surface area contributed by atoms with E-state index in [0.717, 1.165) is 36.6 Å². The summed E-state index contributed by atoms with van der Waals surface area (Å²) < 4.78 is 16.1. The number of alkyl carbamates (subject to hydrolysis) is 1. The van der Waals surface area contributed by atoms with E-state index in [-0.39, 0.29) is 18.1 Å². The van der Waals surface area contributed by atoms with Crippen molar-refractivity contribution in [3.63, 3.8) is 0 Å². The Labute approximate surface area is 177 Å². The fourth-order valence-corrected chi connectivity index (χ4v) is 3.57. The van der Waals surface area contributed by atoms with Gasteiger partial charge in [0.1, 0.15) is 11.4 Å². The second-order valence-electron chi connectivity index (χ2n) is 8.74. The molecule has 1 fully saturated rings. The average molecular weight is 415 g/mol. The first-order valence-corrected chi connectivity index (χ1v) is 10.3. The van der Waals surface area contributed by atoms with Crippen molar-refractivity contribution in [2.75, 3.05) is 13.7 Å². The van der Waals surface area contributed by atoms with E-state index >= 15 is 0 Å². The Morgan fingerprint density at radius 1 is 1.13 bits per heavy atom. The molecule has 1 heterocycles. The zero-order valence-corrected chi connectivity index (χ0v) is 18.1. The van der Waals surface area contributed by atoms with Crippen molar-refractivity contribution in [2.45, 2.75) is 58.1 Å². The highest BCUT2D eigenvalue weighted by molar-refractivity contribution is 5.93. The van der Waals surface area contributed by atoms with Crippen molar-refractivity contribution < 1.29 is 23.8 Å². The second-order valence-corrected chi connectivity index (χ2v) is 8.74. The van der Waals surface area contributed by atoms with Crippen LogP contribution in [0.4, 0.5) is 4.79 Å². The number of rotatable bonds is 5. The van der Waals surface area contributed by atoms with E-state index in [0.29, 0.717) is 23.8 Å². The number of esters is 1. The first kappa shape index (κ1) is 21.9. The number of carbonyl (C=O) groups excluding carboxylic acids is 2. The van der Waals surface area contributed by atoms with Gasteiger partial charge in [-0.3, -0.25) is 4.98 Å². The van der Waals surface area contributed by atoms with Crippen LogP contribution in [0.2, 0.25) is 0 Å². The van der Waals surface area contributed by atoms with E-state index in [1.807, 2.05) is 39.0 Å². The minimum atomic E-state index is -0.502. The molecule has 0 unspecified atom stereocenters. The van der Waals surface area contributed by atoms with E-state index in [1.54, 1.807) is 19.4 Å². The number of nitrogens with one attached hydrogen (secondary N) is 1. The summed E-state index contributed by atoms with van der Waals surface area (Å²) in [5.74, 6) is 0.631. The summed E-state index contributed by atoms with van der Waals surface area (Å²) >= 11 is 0. The molecule has 7 heteroatoms.